The molecule has 0 saturated carbocycles. The fraction of sp³-hybridized carbons (Fsp3) is 0.632. The van der Waals surface area contributed by atoms with Crippen molar-refractivity contribution < 1.29 is 9.90 Å². The van der Waals surface area contributed by atoms with Gasteiger partial charge in [-0.15, -0.1) is 0 Å². The zero-order chi connectivity index (χ0) is 16.4. The third kappa shape index (κ3) is 3.52. The molecule has 0 spiro atoms. The number of hydrogen-bond acceptors (Lipinski definition) is 3. The maximum Gasteiger partial charge on any atom is 0.229 e. The molecule has 1 fully saturated rings. The van der Waals surface area contributed by atoms with Crippen LogP contribution in [0.4, 0.5) is 0 Å². The number of hydrogen-bond donors (Lipinski definition) is 1. The highest BCUT2D eigenvalue weighted by molar-refractivity contribution is 5.84. The normalized spacial score (nSPS) is 22.6. The van der Waals surface area contributed by atoms with Gasteiger partial charge in [0.1, 0.15) is 5.75 Å². The molecule has 0 bridgehead atoms. The fourth-order valence-electron chi connectivity index (χ4n) is 4.07. The van der Waals surface area contributed by atoms with Crippen molar-refractivity contribution in [2.75, 3.05) is 33.7 Å². The summed E-state index contributed by atoms with van der Waals surface area (Å²) in [4.78, 5) is 17.2. The molecule has 1 unspecified atom stereocenters. The second-order valence-corrected chi connectivity index (χ2v) is 7.26. The van der Waals surface area contributed by atoms with Gasteiger partial charge in [-0.25, -0.2) is 0 Å². The van der Waals surface area contributed by atoms with Crippen molar-refractivity contribution in [3.63, 3.8) is 0 Å². The molecule has 3 rings (SSSR count). The number of phenols is 1. The summed E-state index contributed by atoms with van der Waals surface area (Å²) in [5.74, 6) is 1.10. The summed E-state index contributed by atoms with van der Waals surface area (Å²) in [6.45, 7) is 3.12. The molecule has 1 amide bonds. The number of nitrogens with zero attached hydrogens (tertiary/aromatic N) is 2. The molecule has 1 saturated heterocycles. The van der Waals surface area contributed by atoms with Gasteiger partial charge in [-0.3, -0.25) is 4.79 Å². The quantitative estimate of drug-likeness (QED) is 0.932. The minimum atomic E-state index is -0.0814. The number of rotatable bonds is 3. The van der Waals surface area contributed by atoms with E-state index in [1.165, 1.54) is 12.8 Å². The number of phenolic OH excluding ortho intramolecular Hbond substituents is 1. The molecule has 1 N–H and O–H groups in total. The summed E-state index contributed by atoms with van der Waals surface area (Å²) in [6, 6.07) is 5.60. The van der Waals surface area contributed by atoms with Gasteiger partial charge < -0.3 is 14.9 Å². The van der Waals surface area contributed by atoms with E-state index in [1.807, 2.05) is 24.1 Å². The Bertz CT molecular complexity index is 564. The predicted octanol–water partition coefficient (Wildman–Crippen LogP) is 2.61. The van der Waals surface area contributed by atoms with Crippen molar-refractivity contribution in [2.45, 2.75) is 38.0 Å². The summed E-state index contributed by atoms with van der Waals surface area (Å²) < 4.78 is 0. The Labute approximate surface area is 139 Å². The molecule has 1 aromatic rings. The van der Waals surface area contributed by atoms with Crippen LogP contribution < -0.4 is 0 Å². The van der Waals surface area contributed by atoms with E-state index in [9.17, 15) is 9.90 Å². The van der Waals surface area contributed by atoms with Gasteiger partial charge in [0.15, 0.2) is 0 Å². The standard InChI is InChI=1S/C19H28N2O2/c1-20-11-9-14(10-12-20)13-21(2)19(23)17-7-3-6-16-15(17)5-4-8-18(16)22/h4-5,8,14,17,22H,3,6-7,9-13H2,1-2H3. The van der Waals surface area contributed by atoms with Gasteiger partial charge in [0.25, 0.3) is 0 Å². The molecule has 1 atom stereocenters. The van der Waals surface area contributed by atoms with Crippen LogP contribution in [0.25, 0.3) is 0 Å². The number of likely N-dealkylation sites (N-methyl/N-ethyl adjacent to an activating group) is 1. The molecule has 23 heavy (non-hydrogen) atoms. The van der Waals surface area contributed by atoms with Crippen LogP contribution >= 0.6 is 0 Å². The number of likely N-dealkylation sites (tertiary alicyclic amines) is 1. The van der Waals surface area contributed by atoms with Crippen molar-refractivity contribution >= 4 is 5.91 Å². The van der Waals surface area contributed by atoms with Crippen LogP contribution in [0.15, 0.2) is 18.2 Å². The van der Waals surface area contributed by atoms with Crippen molar-refractivity contribution in [2.24, 2.45) is 5.92 Å². The lowest BCUT2D eigenvalue weighted by Crippen LogP contribution is -2.40. The van der Waals surface area contributed by atoms with E-state index >= 15 is 0 Å². The SMILES string of the molecule is CN1CCC(CN(C)C(=O)C2CCCc3c(O)cccc32)CC1. The van der Waals surface area contributed by atoms with Crippen molar-refractivity contribution in [1.29, 1.82) is 0 Å². The first kappa shape index (κ1) is 16.3. The molecule has 1 aliphatic carbocycles. The van der Waals surface area contributed by atoms with E-state index < -0.39 is 0 Å². The molecule has 126 valence electrons. The lowest BCUT2D eigenvalue weighted by Gasteiger charge is -2.34. The van der Waals surface area contributed by atoms with Crippen LogP contribution in [-0.4, -0.2) is 54.5 Å². The second kappa shape index (κ2) is 6.91. The van der Waals surface area contributed by atoms with Gasteiger partial charge in [0.05, 0.1) is 5.92 Å². The molecule has 4 heteroatoms. The Morgan fingerprint density at radius 3 is 2.78 bits per heavy atom. The summed E-state index contributed by atoms with van der Waals surface area (Å²) in [7, 11) is 4.11. The highest BCUT2D eigenvalue weighted by Crippen LogP contribution is 2.37. The first-order valence-corrected chi connectivity index (χ1v) is 8.80. The summed E-state index contributed by atoms with van der Waals surface area (Å²) >= 11 is 0. The lowest BCUT2D eigenvalue weighted by atomic mass is 9.81. The number of fused-ring (bicyclic) bond motifs is 1. The molecule has 1 aromatic carbocycles. The smallest absolute Gasteiger partial charge is 0.229 e. The van der Waals surface area contributed by atoms with Gasteiger partial charge in [0, 0.05) is 13.6 Å². The molecule has 4 nitrogen and oxygen atoms in total. The lowest BCUT2D eigenvalue weighted by molar-refractivity contribution is -0.132. The number of amides is 1. The minimum Gasteiger partial charge on any atom is -0.508 e. The number of carbonyl (C=O) groups is 1. The Morgan fingerprint density at radius 1 is 1.30 bits per heavy atom. The zero-order valence-corrected chi connectivity index (χ0v) is 14.3. The maximum atomic E-state index is 12.9. The third-order valence-electron chi connectivity index (χ3n) is 5.53. The van der Waals surface area contributed by atoms with Crippen molar-refractivity contribution in [3.8, 4) is 5.75 Å². The van der Waals surface area contributed by atoms with Gasteiger partial charge in [-0.1, -0.05) is 12.1 Å². The minimum absolute atomic E-state index is 0.0814. The molecule has 2 aliphatic rings. The molecule has 1 heterocycles. The van der Waals surface area contributed by atoms with Crippen LogP contribution in [0.5, 0.6) is 5.75 Å². The Hall–Kier alpha value is -1.55. The van der Waals surface area contributed by atoms with Crippen LogP contribution in [0.1, 0.15) is 42.7 Å². The highest BCUT2D eigenvalue weighted by atomic mass is 16.3. The van der Waals surface area contributed by atoms with Crippen LogP contribution in [0, 0.1) is 5.92 Å². The molecule has 0 aromatic heterocycles. The Kier molecular flexibility index (Phi) is 4.90. The second-order valence-electron chi connectivity index (χ2n) is 7.26. The van der Waals surface area contributed by atoms with Crippen molar-refractivity contribution in [1.82, 2.24) is 9.80 Å². The summed E-state index contributed by atoms with van der Waals surface area (Å²) in [5.41, 5.74) is 2.02. The topological polar surface area (TPSA) is 43.8 Å². The number of benzene rings is 1. The summed E-state index contributed by atoms with van der Waals surface area (Å²) in [5, 5.41) is 10.1. The average molecular weight is 316 g/mol. The van der Waals surface area contributed by atoms with Crippen LogP contribution in [0.3, 0.4) is 0 Å². The maximum absolute atomic E-state index is 12.9. The molecule has 1 aliphatic heterocycles. The Balaban J connectivity index is 1.68. The fourth-order valence-corrected chi connectivity index (χ4v) is 4.07. The molecule has 0 radical (unpaired) electrons. The average Bonchev–Trinajstić information content (AvgIpc) is 2.56. The Morgan fingerprint density at radius 2 is 2.04 bits per heavy atom. The predicted molar refractivity (Wildman–Crippen MR) is 91.6 cm³/mol. The molecular weight excluding hydrogens is 288 g/mol. The first-order valence-electron chi connectivity index (χ1n) is 8.80. The van der Waals surface area contributed by atoms with Crippen LogP contribution in [-0.2, 0) is 11.2 Å². The summed E-state index contributed by atoms with van der Waals surface area (Å²) in [6.07, 6.45) is 5.10. The van der Waals surface area contributed by atoms with E-state index in [0.717, 1.165) is 50.0 Å². The first-order chi connectivity index (χ1) is 11.1. The van der Waals surface area contributed by atoms with E-state index in [1.54, 1.807) is 6.07 Å². The number of aromatic hydroxyl groups is 1. The van der Waals surface area contributed by atoms with E-state index in [-0.39, 0.29) is 11.8 Å². The van der Waals surface area contributed by atoms with E-state index in [2.05, 4.69) is 11.9 Å². The monoisotopic (exact) mass is 316 g/mol. The van der Waals surface area contributed by atoms with Crippen molar-refractivity contribution in [3.05, 3.63) is 29.3 Å². The highest BCUT2D eigenvalue weighted by Gasteiger charge is 2.31. The number of carbonyl (C=O) groups excluding carboxylic acids is 1. The largest absolute Gasteiger partial charge is 0.508 e. The van der Waals surface area contributed by atoms with E-state index in [0.29, 0.717) is 11.7 Å². The van der Waals surface area contributed by atoms with Gasteiger partial charge >= 0.3 is 0 Å². The number of piperidine rings is 1. The van der Waals surface area contributed by atoms with Gasteiger partial charge in [-0.2, -0.15) is 0 Å². The zero-order valence-electron chi connectivity index (χ0n) is 14.3. The van der Waals surface area contributed by atoms with E-state index in [4.69, 9.17) is 0 Å². The van der Waals surface area contributed by atoms with Gasteiger partial charge in [-0.05, 0) is 75.4 Å². The van der Waals surface area contributed by atoms with Gasteiger partial charge in [0.2, 0.25) is 5.91 Å². The molecular formula is C19H28N2O2. The third-order valence-corrected chi connectivity index (χ3v) is 5.53. The van der Waals surface area contributed by atoms with Crippen LogP contribution in [0.2, 0.25) is 0 Å².